The van der Waals surface area contributed by atoms with Crippen molar-refractivity contribution in [2.75, 3.05) is 19.7 Å². The summed E-state index contributed by atoms with van der Waals surface area (Å²) in [6, 6.07) is 0. The van der Waals surface area contributed by atoms with Crippen LogP contribution in [-0.2, 0) is 9.53 Å². The van der Waals surface area contributed by atoms with Crippen molar-refractivity contribution in [2.24, 2.45) is 0 Å². The van der Waals surface area contributed by atoms with E-state index in [2.05, 4.69) is 10.1 Å². The highest BCUT2D eigenvalue weighted by atomic mass is 19.4. The van der Waals surface area contributed by atoms with Gasteiger partial charge in [-0.3, -0.25) is 0 Å². The van der Waals surface area contributed by atoms with Crippen LogP contribution < -0.4 is 5.32 Å². The molecule has 0 aromatic heterocycles. The molecule has 0 spiro atoms. The van der Waals surface area contributed by atoms with Crippen LogP contribution >= 0.6 is 0 Å². The van der Waals surface area contributed by atoms with Gasteiger partial charge in [-0.05, 0) is 31.5 Å². The van der Waals surface area contributed by atoms with Crippen molar-refractivity contribution in [2.45, 2.75) is 19.0 Å². The van der Waals surface area contributed by atoms with Gasteiger partial charge in [-0.2, -0.15) is 13.2 Å². The molecule has 0 atom stereocenters. The maximum atomic E-state index is 13.2. The van der Waals surface area contributed by atoms with Crippen molar-refractivity contribution in [1.82, 2.24) is 5.32 Å². The normalized spacial score (nSPS) is 17.1. The van der Waals surface area contributed by atoms with E-state index in [0.29, 0.717) is 31.5 Å². The summed E-state index contributed by atoms with van der Waals surface area (Å²) in [5, 5.41) is 2.97. The fourth-order valence-electron chi connectivity index (χ4n) is 1.31. The Morgan fingerprint density at radius 2 is 1.88 bits per heavy atom. The van der Waals surface area contributed by atoms with Crippen molar-refractivity contribution >= 4 is 5.97 Å². The SMILES string of the molecule is O=C(OCC(F)=C1CCNCC1)C(F)(F)F. The lowest BCUT2D eigenvalue weighted by Crippen LogP contribution is -2.27. The Morgan fingerprint density at radius 3 is 2.38 bits per heavy atom. The summed E-state index contributed by atoms with van der Waals surface area (Å²) < 4.78 is 52.2. The Labute approximate surface area is 89.5 Å². The van der Waals surface area contributed by atoms with Crippen LogP contribution in [0.15, 0.2) is 11.4 Å². The van der Waals surface area contributed by atoms with Crippen LogP contribution in [0.3, 0.4) is 0 Å². The minimum absolute atomic E-state index is 0.411. The maximum absolute atomic E-state index is 13.2. The number of alkyl halides is 3. The van der Waals surface area contributed by atoms with Crippen molar-refractivity contribution in [3.05, 3.63) is 11.4 Å². The Hall–Kier alpha value is -1.11. The van der Waals surface area contributed by atoms with E-state index in [1.165, 1.54) is 0 Å². The molecule has 0 radical (unpaired) electrons. The average Bonchev–Trinajstić information content (AvgIpc) is 2.25. The number of rotatable bonds is 2. The van der Waals surface area contributed by atoms with Crippen LogP contribution in [0.5, 0.6) is 0 Å². The van der Waals surface area contributed by atoms with Gasteiger partial charge < -0.3 is 10.1 Å². The molecule has 1 rings (SSSR count). The Kier molecular flexibility index (Phi) is 4.28. The minimum atomic E-state index is -5.07. The maximum Gasteiger partial charge on any atom is 0.490 e. The van der Waals surface area contributed by atoms with E-state index in [1.807, 2.05) is 0 Å². The van der Waals surface area contributed by atoms with E-state index >= 15 is 0 Å². The number of esters is 1. The van der Waals surface area contributed by atoms with Crippen LogP contribution in [-0.4, -0.2) is 31.8 Å². The summed E-state index contributed by atoms with van der Waals surface area (Å²) in [6.07, 6.45) is -4.22. The zero-order chi connectivity index (χ0) is 12.2. The predicted octanol–water partition coefficient (Wildman–Crippen LogP) is 1.70. The molecule has 1 N–H and O–H groups in total. The lowest BCUT2D eigenvalue weighted by molar-refractivity contribution is -0.199. The molecule has 1 fully saturated rings. The predicted molar refractivity (Wildman–Crippen MR) is 47.3 cm³/mol. The molecule has 1 saturated heterocycles. The minimum Gasteiger partial charge on any atom is -0.452 e. The number of hydrogen-bond donors (Lipinski definition) is 1. The molecule has 0 aliphatic carbocycles. The van der Waals surface area contributed by atoms with Gasteiger partial charge in [-0.25, -0.2) is 9.18 Å². The van der Waals surface area contributed by atoms with Crippen LogP contribution in [0, 0.1) is 0 Å². The summed E-state index contributed by atoms with van der Waals surface area (Å²) in [7, 11) is 0. The second-order valence-corrected chi connectivity index (χ2v) is 3.33. The highest BCUT2D eigenvalue weighted by molar-refractivity contribution is 5.75. The highest BCUT2D eigenvalue weighted by Gasteiger charge is 2.41. The molecule has 1 heterocycles. The molecule has 16 heavy (non-hydrogen) atoms. The third-order valence-corrected chi connectivity index (χ3v) is 2.15. The van der Waals surface area contributed by atoms with E-state index in [0.717, 1.165) is 0 Å². The molecule has 3 nitrogen and oxygen atoms in total. The molecule has 1 aliphatic rings. The van der Waals surface area contributed by atoms with Crippen LogP contribution in [0.2, 0.25) is 0 Å². The standard InChI is InChI=1S/C9H11F4NO2/c10-7(6-1-3-14-4-2-6)5-16-8(15)9(11,12)13/h14H,1-5H2. The molecular formula is C9H11F4NO2. The molecule has 1 aliphatic heterocycles. The first kappa shape index (κ1) is 13.0. The first-order chi connectivity index (χ1) is 7.41. The quantitative estimate of drug-likeness (QED) is 0.590. The molecule has 0 amide bonds. The zero-order valence-corrected chi connectivity index (χ0v) is 8.36. The smallest absolute Gasteiger partial charge is 0.452 e. The Bertz CT molecular complexity index is 290. The second kappa shape index (κ2) is 5.29. The zero-order valence-electron chi connectivity index (χ0n) is 8.36. The monoisotopic (exact) mass is 241 g/mol. The molecule has 0 bridgehead atoms. The van der Waals surface area contributed by atoms with Gasteiger partial charge in [0.25, 0.3) is 0 Å². The highest BCUT2D eigenvalue weighted by Crippen LogP contribution is 2.20. The van der Waals surface area contributed by atoms with Crippen LogP contribution in [0.25, 0.3) is 0 Å². The van der Waals surface area contributed by atoms with Crippen LogP contribution in [0.4, 0.5) is 17.6 Å². The third kappa shape index (κ3) is 3.80. The summed E-state index contributed by atoms with van der Waals surface area (Å²) in [4.78, 5) is 10.3. The van der Waals surface area contributed by atoms with Gasteiger partial charge in [0.15, 0.2) is 0 Å². The lowest BCUT2D eigenvalue weighted by Gasteiger charge is -2.16. The molecule has 7 heteroatoms. The van der Waals surface area contributed by atoms with Gasteiger partial charge in [-0.15, -0.1) is 0 Å². The summed E-state index contributed by atoms with van der Waals surface area (Å²) >= 11 is 0. The number of halogens is 4. The number of piperidine rings is 1. The first-order valence-electron chi connectivity index (χ1n) is 4.72. The third-order valence-electron chi connectivity index (χ3n) is 2.15. The molecule has 92 valence electrons. The van der Waals surface area contributed by atoms with Gasteiger partial charge in [0, 0.05) is 0 Å². The topological polar surface area (TPSA) is 38.3 Å². The number of carbonyl (C=O) groups is 1. The van der Waals surface area contributed by atoms with Crippen molar-refractivity contribution in [3.8, 4) is 0 Å². The van der Waals surface area contributed by atoms with E-state index in [4.69, 9.17) is 0 Å². The van der Waals surface area contributed by atoms with Gasteiger partial charge in [-0.1, -0.05) is 0 Å². The fourth-order valence-corrected chi connectivity index (χ4v) is 1.31. The van der Waals surface area contributed by atoms with Crippen molar-refractivity contribution in [1.29, 1.82) is 0 Å². The number of ether oxygens (including phenoxy) is 1. The van der Waals surface area contributed by atoms with E-state index in [1.54, 1.807) is 0 Å². The van der Waals surface area contributed by atoms with Gasteiger partial charge >= 0.3 is 12.1 Å². The van der Waals surface area contributed by atoms with E-state index in [9.17, 15) is 22.4 Å². The second-order valence-electron chi connectivity index (χ2n) is 3.33. The van der Waals surface area contributed by atoms with Gasteiger partial charge in [0.2, 0.25) is 0 Å². The number of nitrogens with one attached hydrogen (secondary N) is 1. The first-order valence-corrected chi connectivity index (χ1v) is 4.72. The van der Waals surface area contributed by atoms with E-state index in [-0.39, 0.29) is 0 Å². The van der Waals surface area contributed by atoms with Crippen molar-refractivity contribution < 1.29 is 27.1 Å². The molecule has 0 saturated carbocycles. The fraction of sp³-hybridized carbons (Fsp3) is 0.667. The van der Waals surface area contributed by atoms with E-state index < -0.39 is 24.6 Å². The number of carbonyl (C=O) groups excluding carboxylic acids is 1. The molecule has 0 unspecified atom stereocenters. The van der Waals surface area contributed by atoms with Gasteiger partial charge in [0.1, 0.15) is 12.4 Å². The molecule has 0 aromatic rings. The largest absolute Gasteiger partial charge is 0.490 e. The summed E-state index contributed by atoms with van der Waals surface area (Å²) in [5.74, 6) is -3.14. The Morgan fingerprint density at radius 1 is 1.31 bits per heavy atom. The van der Waals surface area contributed by atoms with Gasteiger partial charge in [0.05, 0.1) is 0 Å². The lowest BCUT2D eigenvalue weighted by atomic mass is 10.1. The summed E-state index contributed by atoms with van der Waals surface area (Å²) in [5.41, 5.74) is 0.411. The Balaban J connectivity index is 2.45. The van der Waals surface area contributed by atoms with Crippen LogP contribution in [0.1, 0.15) is 12.8 Å². The van der Waals surface area contributed by atoms with Crippen molar-refractivity contribution in [3.63, 3.8) is 0 Å². The molecule has 0 aromatic carbocycles. The number of hydrogen-bond acceptors (Lipinski definition) is 3. The summed E-state index contributed by atoms with van der Waals surface area (Å²) in [6.45, 7) is 0.222. The molecular weight excluding hydrogens is 230 g/mol. The average molecular weight is 241 g/mol.